The average molecular weight is 326 g/mol. The number of hydrogen-bond acceptors (Lipinski definition) is 2. The molecule has 1 aliphatic heterocycles. The van der Waals surface area contributed by atoms with Crippen LogP contribution in [0.15, 0.2) is 59.5 Å². The van der Waals surface area contributed by atoms with Crippen molar-refractivity contribution in [2.45, 2.75) is 56.0 Å². The van der Waals surface area contributed by atoms with Crippen molar-refractivity contribution in [3.05, 3.63) is 65.7 Å². The van der Waals surface area contributed by atoms with Gasteiger partial charge < -0.3 is 0 Å². The van der Waals surface area contributed by atoms with Crippen LogP contribution < -0.4 is 5.32 Å². The molecule has 1 heterocycles. The Morgan fingerprint density at radius 1 is 1.04 bits per heavy atom. The van der Waals surface area contributed by atoms with E-state index in [9.17, 15) is 0 Å². The molecular weight excluding hydrogens is 298 g/mol. The zero-order valence-corrected chi connectivity index (χ0v) is 15.0. The van der Waals surface area contributed by atoms with Gasteiger partial charge in [-0.15, -0.1) is 11.8 Å². The average Bonchev–Trinajstić information content (AvgIpc) is 2.79. The summed E-state index contributed by atoms with van der Waals surface area (Å²) in [5, 5.41) is 4.07. The third kappa shape index (κ3) is 3.64. The summed E-state index contributed by atoms with van der Waals surface area (Å²) in [7, 11) is 0. The number of hydrogen-bond donors (Lipinski definition) is 1. The molecule has 0 bridgehead atoms. The SMILES string of the molecule is CCCCC1(CC)CSc2ccccc2C(c2ccccc2)N1. The third-order valence-corrected chi connectivity index (χ3v) is 6.38. The van der Waals surface area contributed by atoms with Crippen LogP contribution in [-0.2, 0) is 0 Å². The number of fused-ring (bicyclic) bond motifs is 1. The molecule has 0 spiro atoms. The molecule has 2 unspecified atom stereocenters. The van der Waals surface area contributed by atoms with Gasteiger partial charge in [0.25, 0.3) is 0 Å². The minimum atomic E-state index is 0.222. The lowest BCUT2D eigenvalue weighted by molar-refractivity contribution is 0.298. The fraction of sp³-hybridized carbons (Fsp3) is 0.429. The van der Waals surface area contributed by atoms with E-state index >= 15 is 0 Å². The summed E-state index contributed by atoms with van der Waals surface area (Å²) < 4.78 is 0. The van der Waals surface area contributed by atoms with E-state index in [1.165, 1.54) is 41.7 Å². The van der Waals surface area contributed by atoms with Crippen LogP contribution in [0, 0.1) is 0 Å². The van der Waals surface area contributed by atoms with Crippen LogP contribution in [0.5, 0.6) is 0 Å². The number of thioether (sulfide) groups is 1. The summed E-state index contributed by atoms with van der Waals surface area (Å²) in [5.41, 5.74) is 3.02. The van der Waals surface area contributed by atoms with Crippen LogP contribution in [0.4, 0.5) is 0 Å². The van der Waals surface area contributed by atoms with E-state index < -0.39 is 0 Å². The van der Waals surface area contributed by atoms with E-state index in [0.717, 1.165) is 5.75 Å². The Kier molecular flexibility index (Phi) is 5.45. The van der Waals surface area contributed by atoms with Crippen LogP contribution in [0.2, 0.25) is 0 Å². The fourth-order valence-corrected chi connectivity index (χ4v) is 4.83. The molecule has 2 atom stereocenters. The lowest BCUT2D eigenvalue weighted by Gasteiger charge is -2.36. The monoisotopic (exact) mass is 325 g/mol. The van der Waals surface area contributed by atoms with Crippen LogP contribution in [0.1, 0.15) is 56.7 Å². The van der Waals surface area contributed by atoms with Gasteiger partial charge in [-0.05, 0) is 30.0 Å². The second-order valence-electron chi connectivity index (χ2n) is 6.55. The van der Waals surface area contributed by atoms with Gasteiger partial charge in [-0.25, -0.2) is 0 Å². The molecule has 0 aromatic heterocycles. The topological polar surface area (TPSA) is 12.0 Å². The Morgan fingerprint density at radius 2 is 1.78 bits per heavy atom. The Hall–Kier alpha value is -1.25. The van der Waals surface area contributed by atoms with Crippen molar-refractivity contribution in [1.82, 2.24) is 5.32 Å². The molecule has 23 heavy (non-hydrogen) atoms. The molecule has 0 saturated heterocycles. The summed E-state index contributed by atoms with van der Waals surface area (Å²) in [6.45, 7) is 4.62. The van der Waals surface area contributed by atoms with E-state index in [1.54, 1.807) is 0 Å². The minimum Gasteiger partial charge on any atom is -0.300 e. The van der Waals surface area contributed by atoms with Gasteiger partial charge in [0.2, 0.25) is 0 Å². The van der Waals surface area contributed by atoms with Crippen LogP contribution in [0.25, 0.3) is 0 Å². The predicted octanol–water partition coefficient (Wildman–Crippen LogP) is 5.81. The zero-order chi connectivity index (χ0) is 16.1. The largest absolute Gasteiger partial charge is 0.300 e. The standard InChI is InChI=1S/C21H27NS/c1-3-5-15-21(4-2)16-23-19-14-10-9-13-18(19)20(22-21)17-11-7-6-8-12-17/h6-14,20,22H,3-5,15-16H2,1-2H3. The maximum Gasteiger partial charge on any atom is 0.0592 e. The van der Waals surface area contributed by atoms with Gasteiger partial charge in [-0.2, -0.15) is 0 Å². The quantitative estimate of drug-likeness (QED) is 0.744. The number of nitrogens with one attached hydrogen (secondary N) is 1. The molecular formula is C21H27NS. The first-order chi connectivity index (χ1) is 11.3. The molecule has 1 N–H and O–H groups in total. The van der Waals surface area contributed by atoms with Gasteiger partial charge in [-0.3, -0.25) is 5.32 Å². The van der Waals surface area contributed by atoms with Crippen molar-refractivity contribution in [2.24, 2.45) is 0 Å². The molecule has 122 valence electrons. The molecule has 1 aliphatic rings. The molecule has 2 aromatic carbocycles. The van der Waals surface area contributed by atoms with Crippen LogP contribution in [0.3, 0.4) is 0 Å². The molecule has 0 saturated carbocycles. The molecule has 0 amide bonds. The van der Waals surface area contributed by atoms with Gasteiger partial charge in [-0.1, -0.05) is 75.2 Å². The Morgan fingerprint density at radius 3 is 2.52 bits per heavy atom. The highest BCUT2D eigenvalue weighted by atomic mass is 32.2. The van der Waals surface area contributed by atoms with Gasteiger partial charge in [0, 0.05) is 16.2 Å². The summed E-state index contributed by atoms with van der Waals surface area (Å²) in [6, 6.07) is 20.1. The minimum absolute atomic E-state index is 0.222. The molecule has 1 nitrogen and oxygen atoms in total. The van der Waals surface area contributed by atoms with E-state index in [-0.39, 0.29) is 5.54 Å². The van der Waals surface area contributed by atoms with Gasteiger partial charge in [0.15, 0.2) is 0 Å². The Balaban J connectivity index is 2.01. The molecule has 2 heteroatoms. The summed E-state index contributed by atoms with van der Waals surface area (Å²) in [4.78, 5) is 1.43. The van der Waals surface area contributed by atoms with Gasteiger partial charge in [0.05, 0.1) is 6.04 Å². The third-order valence-electron chi connectivity index (χ3n) is 5.00. The highest BCUT2D eigenvalue weighted by Gasteiger charge is 2.35. The summed E-state index contributed by atoms with van der Waals surface area (Å²) >= 11 is 2.03. The maximum absolute atomic E-state index is 4.07. The van der Waals surface area contributed by atoms with Crippen LogP contribution in [-0.4, -0.2) is 11.3 Å². The lowest BCUT2D eigenvalue weighted by atomic mass is 9.88. The fourth-order valence-electron chi connectivity index (χ4n) is 3.44. The van der Waals surface area contributed by atoms with Crippen molar-refractivity contribution in [3.8, 4) is 0 Å². The second kappa shape index (κ2) is 7.55. The Labute approximate surface area is 144 Å². The second-order valence-corrected chi connectivity index (χ2v) is 7.57. The number of benzene rings is 2. The van der Waals surface area contributed by atoms with E-state index in [1.807, 2.05) is 11.8 Å². The summed E-state index contributed by atoms with van der Waals surface area (Å²) in [6.07, 6.45) is 4.98. The predicted molar refractivity (Wildman–Crippen MR) is 101 cm³/mol. The smallest absolute Gasteiger partial charge is 0.0592 e. The van der Waals surface area contributed by atoms with Gasteiger partial charge in [0.1, 0.15) is 0 Å². The highest BCUT2D eigenvalue weighted by Crippen LogP contribution is 2.40. The normalized spacial score (nSPS) is 24.0. The van der Waals surface area contributed by atoms with Crippen molar-refractivity contribution in [1.29, 1.82) is 0 Å². The molecule has 0 aliphatic carbocycles. The first-order valence-electron chi connectivity index (χ1n) is 8.82. The van der Waals surface area contributed by atoms with Crippen molar-refractivity contribution >= 4 is 11.8 Å². The van der Waals surface area contributed by atoms with E-state index in [2.05, 4.69) is 73.8 Å². The van der Waals surface area contributed by atoms with Crippen molar-refractivity contribution in [2.75, 3.05) is 5.75 Å². The van der Waals surface area contributed by atoms with E-state index in [0.29, 0.717) is 6.04 Å². The zero-order valence-electron chi connectivity index (χ0n) is 14.2. The molecule has 2 aromatic rings. The van der Waals surface area contributed by atoms with Crippen LogP contribution >= 0.6 is 11.8 Å². The van der Waals surface area contributed by atoms with Crippen molar-refractivity contribution in [3.63, 3.8) is 0 Å². The Bertz CT molecular complexity index is 625. The first kappa shape index (κ1) is 16.6. The molecule has 3 rings (SSSR count). The number of unbranched alkanes of at least 4 members (excludes halogenated alkanes) is 1. The molecule has 0 radical (unpaired) electrons. The first-order valence-corrected chi connectivity index (χ1v) is 9.81. The maximum atomic E-state index is 4.07. The molecule has 0 fully saturated rings. The lowest BCUT2D eigenvalue weighted by Crippen LogP contribution is -2.48. The van der Waals surface area contributed by atoms with E-state index in [4.69, 9.17) is 0 Å². The number of rotatable bonds is 5. The van der Waals surface area contributed by atoms with Crippen molar-refractivity contribution < 1.29 is 0 Å². The van der Waals surface area contributed by atoms with Gasteiger partial charge >= 0.3 is 0 Å². The highest BCUT2D eigenvalue weighted by molar-refractivity contribution is 7.99. The summed E-state index contributed by atoms with van der Waals surface area (Å²) in [5.74, 6) is 1.16.